The molecule has 108 valence electrons. The molecule has 1 aromatic carbocycles. The van der Waals surface area contributed by atoms with Gasteiger partial charge in [-0.1, -0.05) is 36.4 Å². The molecule has 6 heteroatoms. The van der Waals surface area contributed by atoms with E-state index in [1.54, 1.807) is 18.3 Å². The standard InChI is InChI=1S/C15H15N3O3/c16-14-12(10-4-2-1-3-5-10)8-18(15(20)17-14)13-7-6-11(9-19)21-13/h1-8,11,13,19H,9H2,(H2,16,17,20)/t11-,13+/m0/s1. The Morgan fingerprint density at radius 1 is 1.29 bits per heavy atom. The molecule has 1 aliphatic heterocycles. The van der Waals surface area contributed by atoms with Crippen LogP contribution in [0, 0.1) is 0 Å². The maximum absolute atomic E-state index is 12.0. The summed E-state index contributed by atoms with van der Waals surface area (Å²) in [5.74, 6) is 0.183. The SMILES string of the molecule is Nc1nc(=O)n([C@H]2C=C[C@@H](CO)O2)cc1-c1ccccc1. The normalized spacial score (nSPS) is 20.8. The first-order chi connectivity index (χ1) is 10.2. The Balaban J connectivity index is 2.03. The second kappa shape index (κ2) is 5.51. The molecule has 0 fully saturated rings. The van der Waals surface area contributed by atoms with Gasteiger partial charge in [0, 0.05) is 11.8 Å². The molecule has 0 aliphatic carbocycles. The molecule has 0 unspecified atom stereocenters. The lowest BCUT2D eigenvalue weighted by Gasteiger charge is -2.16. The van der Waals surface area contributed by atoms with E-state index in [0.717, 1.165) is 5.56 Å². The number of aliphatic hydroxyl groups excluding tert-OH is 1. The Bertz CT molecular complexity index is 725. The van der Waals surface area contributed by atoms with E-state index in [2.05, 4.69) is 4.98 Å². The maximum atomic E-state index is 12.0. The fraction of sp³-hybridized carbons (Fsp3) is 0.200. The zero-order chi connectivity index (χ0) is 14.8. The molecule has 0 bridgehead atoms. The van der Waals surface area contributed by atoms with Crippen LogP contribution in [-0.2, 0) is 4.74 Å². The predicted octanol–water partition coefficient (Wildman–Crippen LogP) is 0.938. The first-order valence-corrected chi connectivity index (χ1v) is 6.58. The van der Waals surface area contributed by atoms with Crippen molar-refractivity contribution >= 4 is 5.82 Å². The van der Waals surface area contributed by atoms with Crippen molar-refractivity contribution < 1.29 is 9.84 Å². The van der Waals surface area contributed by atoms with Crippen LogP contribution in [0.3, 0.4) is 0 Å². The molecular formula is C15H15N3O3. The summed E-state index contributed by atoms with van der Waals surface area (Å²) in [5, 5.41) is 9.08. The van der Waals surface area contributed by atoms with E-state index in [-0.39, 0.29) is 12.4 Å². The molecule has 2 heterocycles. The van der Waals surface area contributed by atoms with Gasteiger partial charge in [0.2, 0.25) is 0 Å². The molecule has 6 nitrogen and oxygen atoms in total. The van der Waals surface area contributed by atoms with E-state index in [9.17, 15) is 4.79 Å². The maximum Gasteiger partial charge on any atom is 0.351 e. The van der Waals surface area contributed by atoms with Crippen molar-refractivity contribution in [1.29, 1.82) is 0 Å². The summed E-state index contributed by atoms with van der Waals surface area (Å²) in [4.78, 5) is 15.9. The van der Waals surface area contributed by atoms with E-state index < -0.39 is 18.0 Å². The molecule has 2 aromatic rings. The second-order valence-electron chi connectivity index (χ2n) is 4.73. The number of nitrogen functional groups attached to an aromatic ring is 1. The molecule has 2 atom stereocenters. The van der Waals surface area contributed by atoms with Crippen molar-refractivity contribution in [2.75, 3.05) is 12.3 Å². The van der Waals surface area contributed by atoms with Gasteiger partial charge >= 0.3 is 5.69 Å². The van der Waals surface area contributed by atoms with E-state index in [4.69, 9.17) is 15.6 Å². The van der Waals surface area contributed by atoms with Crippen molar-refractivity contribution in [1.82, 2.24) is 9.55 Å². The van der Waals surface area contributed by atoms with Crippen LogP contribution in [0.5, 0.6) is 0 Å². The van der Waals surface area contributed by atoms with Crippen LogP contribution >= 0.6 is 0 Å². The Morgan fingerprint density at radius 3 is 2.71 bits per heavy atom. The third kappa shape index (κ3) is 2.58. The number of benzene rings is 1. The number of aliphatic hydroxyl groups is 1. The molecule has 0 radical (unpaired) electrons. The highest BCUT2D eigenvalue weighted by Gasteiger charge is 2.22. The van der Waals surface area contributed by atoms with Crippen LogP contribution in [0.2, 0.25) is 0 Å². The molecule has 3 N–H and O–H groups in total. The van der Waals surface area contributed by atoms with Gasteiger partial charge in [0.05, 0.1) is 6.61 Å². The third-order valence-corrected chi connectivity index (χ3v) is 3.32. The zero-order valence-corrected chi connectivity index (χ0v) is 11.2. The Hall–Kier alpha value is -2.44. The van der Waals surface area contributed by atoms with Crippen LogP contribution in [-0.4, -0.2) is 27.4 Å². The van der Waals surface area contributed by atoms with Crippen LogP contribution in [0.1, 0.15) is 6.23 Å². The number of nitrogens with zero attached hydrogens (tertiary/aromatic N) is 2. The summed E-state index contributed by atoms with van der Waals surface area (Å²) < 4.78 is 6.90. The molecule has 0 spiro atoms. The average Bonchev–Trinajstić information content (AvgIpc) is 2.97. The Labute approximate surface area is 121 Å². The van der Waals surface area contributed by atoms with Crippen LogP contribution < -0.4 is 11.4 Å². The molecule has 21 heavy (non-hydrogen) atoms. The van der Waals surface area contributed by atoms with Gasteiger partial charge in [-0.25, -0.2) is 4.79 Å². The predicted molar refractivity (Wildman–Crippen MR) is 78.5 cm³/mol. The monoisotopic (exact) mass is 285 g/mol. The minimum Gasteiger partial charge on any atom is -0.393 e. The first kappa shape index (κ1) is 13.5. The van der Waals surface area contributed by atoms with Gasteiger partial charge in [-0.15, -0.1) is 0 Å². The largest absolute Gasteiger partial charge is 0.393 e. The van der Waals surface area contributed by atoms with Gasteiger partial charge in [0.25, 0.3) is 0 Å². The highest BCUT2D eigenvalue weighted by Crippen LogP contribution is 2.25. The Morgan fingerprint density at radius 2 is 2.05 bits per heavy atom. The molecule has 1 aromatic heterocycles. The zero-order valence-electron chi connectivity index (χ0n) is 11.2. The van der Waals surface area contributed by atoms with Crippen LogP contribution in [0.4, 0.5) is 5.82 Å². The molecule has 0 amide bonds. The number of ether oxygens (including phenoxy) is 1. The van der Waals surface area contributed by atoms with E-state index in [1.807, 2.05) is 30.3 Å². The third-order valence-electron chi connectivity index (χ3n) is 3.32. The number of nitrogens with two attached hydrogens (primary N) is 1. The molecule has 0 saturated heterocycles. The quantitative estimate of drug-likeness (QED) is 0.819. The number of aromatic nitrogens is 2. The summed E-state index contributed by atoms with van der Waals surface area (Å²) >= 11 is 0. The van der Waals surface area contributed by atoms with Crippen molar-refractivity contribution in [3.63, 3.8) is 0 Å². The first-order valence-electron chi connectivity index (χ1n) is 6.58. The lowest BCUT2D eigenvalue weighted by atomic mass is 10.1. The van der Waals surface area contributed by atoms with Crippen molar-refractivity contribution in [3.8, 4) is 11.1 Å². The fourth-order valence-corrected chi connectivity index (χ4v) is 2.25. The van der Waals surface area contributed by atoms with Crippen LogP contribution in [0.25, 0.3) is 11.1 Å². The summed E-state index contributed by atoms with van der Waals surface area (Å²) in [6.07, 6.45) is 4.09. The fourth-order valence-electron chi connectivity index (χ4n) is 2.25. The van der Waals surface area contributed by atoms with Crippen molar-refractivity contribution in [2.24, 2.45) is 0 Å². The number of hydrogen-bond acceptors (Lipinski definition) is 5. The van der Waals surface area contributed by atoms with Gasteiger partial charge in [0.15, 0.2) is 6.23 Å². The summed E-state index contributed by atoms with van der Waals surface area (Å²) in [6, 6.07) is 9.46. The van der Waals surface area contributed by atoms with E-state index >= 15 is 0 Å². The number of anilines is 1. The minimum atomic E-state index is -0.579. The number of hydrogen-bond donors (Lipinski definition) is 2. The number of rotatable bonds is 3. The van der Waals surface area contributed by atoms with Crippen molar-refractivity contribution in [2.45, 2.75) is 12.3 Å². The molecule has 3 rings (SSSR count). The second-order valence-corrected chi connectivity index (χ2v) is 4.73. The highest BCUT2D eigenvalue weighted by atomic mass is 16.5. The van der Waals surface area contributed by atoms with Gasteiger partial charge in [-0.3, -0.25) is 4.57 Å². The van der Waals surface area contributed by atoms with Gasteiger partial charge in [-0.05, 0) is 11.6 Å². The highest BCUT2D eigenvalue weighted by molar-refractivity contribution is 5.72. The minimum absolute atomic E-state index is 0.129. The lowest BCUT2D eigenvalue weighted by Crippen LogP contribution is -2.28. The molecule has 0 saturated carbocycles. The summed E-state index contributed by atoms with van der Waals surface area (Å²) in [7, 11) is 0. The summed E-state index contributed by atoms with van der Waals surface area (Å²) in [5.41, 5.74) is 6.90. The smallest absolute Gasteiger partial charge is 0.351 e. The lowest BCUT2D eigenvalue weighted by molar-refractivity contribution is -0.0101. The molecular weight excluding hydrogens is 270 g/mol. The van der Waals surface area contributed by atoms with Gasteiger partial charge in [-0.2, -0.15) is 4.98 Å². The Kier molecular flexibility index (Phi) is 3.55. The van der Waals surface area contributed by atoms with Gasteiger partial charge < -0.3 is 15.6 Å². The topological polar surface area (TPSA) is 90.4 Å². The average molecular weight is 285 g/mol. The van der Waals surface area contributed by atoms with Crippen molar-refractivity contribution in [3.05, 3.63) is 59.2 Å². The van der Waals surface area contributed by atoms with E-state index in [0.29, 0.717) is 5.56 Å². The van der Waals surface area contributed by atoms with E-state index in [1.165, 1.54) is 4.57 Å². The summed E-state index contributed by atoms with van der Waals surface area (Å²) in [6.45, 7) is -0.129. The van der Waals surface area contributed by atoms with Crippen LogP contribution in [0.15, 0.2) is 53.5 Å². The van der Waals surface area contributed by atoms with Gasteiger partial charge in [0.1, 0.15) is 11.9 Å². The molecule has 1 aliphatic rings.